The number of fused-ring (bicyclic) bond motifs is 8. The summed E-state index contributed by atoms with van der Waals surface area (Å²) in [4.78, 5) is 28.9. The fourth-order valence-electron chi connectivity index (χ4n) is 5.39. The lowest BCUT2D eigenvalue weighted by Crippen LogP contribution is -2.48. The van der Waals surface area contributed by atoms with Gasteiger partial charge >= 0.3 is 0 Å². The maximum absolute atomic E-state index is 13.6. The van der Waals surface area contributed by atoms with Crippen LogP contribution in [0, 0.1) is 11.8 Å². The second kappa shape index (κ2) is 5.87. The molecule has 0 spiro atoms. The number of nitrogens with zero attached hydrogens (tertiary/aromatic N) is 1. The first-order chi connectivity index (χ1) is 13.7. The largest absolute Gasteiger partial charge is 0.359 e. The Morgan fingerprint density at radius 2 is 1.82 bits per heavy atom. The first kappa shape index (κ1) is 16.2. The van der Waals surface area contributed by atoms with Crippen molar-refractivity contribution in [1.82, 2.24) is 4.90 Å². The molecule has 4 aliphatic rings. The van der Waals surface area contributed by atoms with Crippen molar-refractivity contribution in [3.63, 3.8) is 0 Å². The SMILES string of the molecule is O=C1[C@H]2OC[C@@H](O2)[C@@H]2[C@@H]1[C@@H]1c3ccccc3C=CN1[C@@H]2C(=O)c1ccccc1. The van der Waals surface area contributed by atoms with Gasteiger partial charge in [0.25, 0.3) is 0 Å². The molecule has 2 bridgehead atoms. The summed E-state index contributed by atoms with van der Waals surface area (Å²) in [5, 5.41) is 0. The molecule has 3 saturated heterocycles. The van der Waals surface area contributed by atoms with Gasteiger partial charge < -0.3 is 14.4 Å². The maximum atomic E-state index is 13.6. The van der Waals surface area contributed by atoms with E-state index in [9.17, 15) is 9.59 Å². The lowest BCUT2D eigenvalue weighted by Gasteiger charge is -2.34. The van der Waals surface area contributed by atoms with Crippen molar-refractivity contribution in [3.05, 3.63) is 77.5 Å². The van der Waals surface area contributed by atoms with Gasteiger partial charge in [-0.3, -0.25) is 9.59 Å². The predicted octanol–water partition coefficient (Wildman–Crippen LogP) is 2.84. The van der Waals surface area contributed by atoms with E-state index in [2.05, 4.69) is 17.0 Å². The van der Waals surface area contributed by atoms with E-state index in [0.717, 1.165) is 11.1 Å². The number of hydrogen-bond donors (Lipinski definition) is 0. The minimum absolute atomic E-state index is 0.0314. The second-order valence-corrected chi connectivity index (χ2v) is 7.86. The van der Waals surface area contributed by atoms with Crippen molar-refractivity contribution in [2.24, 2.45) is 11.8 Å². The van der Waals surface area contributed by atoms with Gasteiger partial charge in [-0.1, -0.05) is 54.6 Å². The summed E-state index contributed by atoms with van der Waals surface area (Å²) in [5.74, 6) is -0.541. The molecule has 6 atom stereocenters. The number of carbonyl (C=O) groups excluding carboxylic acids is 2. The van der Waals surface area contributed by atoms with Crippen molar-refractivity contribution in [2.45, 2.75) is 24.5 Å². The van der Waals surface area contributed by atoms with Crippen LogP contribution in [0.15, 0.2) is 60.8 Å². The predicted molar refractivity (Wildman–Crippen MR) is 101 cm³/mol. The van der Waals surface area contributed by atoms with Crippen molar-refractivity contribution < 1.29 is 19.1 Å². The van der Waals surface area contributed by atoms with Gasteiger partial charge in [0.1, 0.15) is 0 Å². The zero-order valence-corrected chi connectivity index (χ0v) is 15.1. The lowest BCUT2D eigenvalue weighted by atomic mass is 9.75. The Kier molecular flexibility index (Phi) is 3.40. The fraction of sp³-hybridized carbons (Fsp3) is 0.304. The van der Waals surface area contributed by atoms with Crippen LogP contribution in [0.2, 0.25) is 0 Å². The molecule has 0 saturated carbocycles. The average molecular weight is 373 g/mol. The summed E-state index contributed by atoms with van der Waals surface area (Å²) in [5.41, 5.74) is 2.86. The highest BCUT2D eigenvalue weighted by molar-refractivity contribution is 6.02. The number of hydrogen-bond acceptors (Lipinski definition) is 5. The molecule has 140 valence electrons. The molecule has 4 heterocycles. The van der Waals surface area contributed by atoms with Gasteiger partial charge in [-0.15, -0.1) is 0 Å². The number of Topliss-reactive ketones (excluding diaryl/α,β-unsaturated/α-hetero) is 2. The number of carbonyl (C=O) groups is 2. The van der Waals surface area contributed by atoms with Crippen molar-refractivity contribution >= 4 is 17.6 Å². The van der Waals surface area contributed by atoms with Crippen LogP contribution >= 0.6 is 0 Å². The molecular weight excluding hydrogens is 354 g/mol. The minimum Gasteiger partial charge on any atom is -0.359 e. The summed E-state index contributed by atoms with van der Waals surface area (Å²) in [6, 6.07) is 16.8. The zero-order chi connectivity index (χ0) is 18.8. The van der Waals surface area contributed by atoms with E-state index >= 15 is 0 Å². The van der Waals surface area contributed by atoms with E-state index in [1.165, 1.54) is 0 Å². The van der Waals surface area contributed by atoms with Crippen LogP contribution < -0.4 is 0 Å². The Bertz CT molecular complexity index is 1000. The van der Waals surface area contributed by atoms with E-state index in [1.54, 1.807) is 0 Å². The molecule has 3 fully saturated rings. The summed E-state index contributed by atoms with van der Waals surface area (Å²) in [7, 11) is 0. The van der Waals surface area contributed by atoms with Gasteiger partial charge in [-0.2, -0.15) is 0 Å². The zero-order valence-electron chi connectivity index (χ0n) is 15.1. The van der Waals surface area contributed by atoms with Gasteiger partial charge in [0.2, 0.25) is 6.29 Å². The first-order valence-corrected chi connectivity index (χ1v) is 9.68. The molecule has 2 aromatic rings. The molecule has 0 radical (unpaired) electrons. The molecule has 4 aliphatic heterocycles. The normalized spacial score (nSPS) is 34.7. The van der Waals surface area contributed by atoms with Crippen LogP contribution in [0.4, 0.5) is 0 Å². The van der Waals surface area contributed by atoms with Crippen LogP contribution in [-0.2, 0) is 14.3 Å². The van der Waals surface area contributed by atoms with Crippen molar-refractivity contribution in [3.8, 4) is 0 Å². The minimum atomic E-state index is -0.795. The molecule has 0 aliphatic carbocycles. The van der Waals surface area contributed by atoms with Gasteiger partial charge in [-0.25, -0.2) is 0 Å². The summed E-state index contributed by atoms with van der Waals surface area (Å²) < 4.78 is 11.5. The van der Waals surface area contributed by atoms with Crippen LogP contribution in [0.5, 0.6) is 0 Å². The van der Waals surface area contributed by atoms with E-state index in [1.807, 2.05) is 54.7 Å². The van der Waals surface area contributed by atoms with E-state index in [-0.39, 0.29) is 35.5 Å². The highest BCUT2D eigenvalue weighted by Crippen LogP contribution is 2.54. The highest BCUT2D eigenvalue weighted by Gasteiger charge is 2.63. The Morgan fingerprint density at radius 1 is 1.04 bits per heavy atom. The molecule has 28 heavy (non-hydrogen) atoms. The third kappa shape index (κ3) is 2.09. The summed E-state index contributed by atoms with van der Waals surface area (Å²) in [6.07, 6.45) is 2.99. The van der Waals surface area contributed by atoms with Crippen LogP contribution in [0.1, 0.15) is 27.5 Å². The van der Waals surface area contributed by atoms with Gasteiger partial charge in [0.05, 0.1) is 30.7 Å². The molecule has 6 rings (SSSR count). The summed E-state index contributed by atoms with van der Waals surface area (Å²) in [6.45, 7) is 0.363. The van der Waals surface area contributed by atoms with E-state index in [4.69, 9.17) is 9.47 Å². The lowest BCUT2D eigenvalue weighted by molar-refractivity contribution is -0.164. The number of rotatable bonds is 2. The van der Waals surface area contributed by atoms with Gasteiger partial charge in [-0.05, 0) is 17.2 Å². The number of benzene rings is 2. The van der Waals surface area contributed by atoms with E-state index < -0.39 is 12.3 Å². The standard InChI is InChI=1S/C23H19NO4/c25-21(14-7-2-1-3-8-14)20-17-16-12-27-23(28-16)22(26)18(17)19-15-9-5-4-6-13(15)10-11-24(19)20/h1-11,16-20,23H,12H2/t16-,17-,18-,19+,20+,23+/m1/s1. The monoisotopic (exact) mass is 373 g/mol. The van der Waals surface area contributed by atoms with Gasteiger partial charge in [0.15, 0.2) is 11.6 Å². The quantitative estimate of drug-likeness (QED) is 0.758. The molecule has 0 aromatic heterocycles. The molecule has 0 N–H and O–H groups in total. The van der Waals surface area contributed by atoms with Crippen molar-refractivity contribution in [1.29, 1.82) is 0 Å². The fourth-order valence-corrected chi connectivity index (χ4v) is 5.39. The smallest absolute Gasteiger partial charge is 0.218 e. The highest BCUT2D eigenvalue weighted by atomic mass is 16.7. The second-order valence-electron chi connectivity index (χ2n) is 7.86. The Labute approximate surface area is 162 Å². The van der Waals surface area contributed by atoms with Gasteiger partial charge in [0, 0.05) is 17.7 Å². The summed E-state index contributed by atoms with van der Waals surface area (Å²) >= 11 is 0. The third-order valence-electron chi connectivity index (χ3n) is 6.53. The molecule has 2 aromatic carbocycles. The van der Waals surface area contributed by atoms with Crippen LogP contribution in [0.25, 0.3) is 6.08 Å². The molecule has 0 unspecified atom stereocenters. The Balaban J connectivity index is 1.52. The Hall–Kier alpha value is -2.76. The van der Waals surface area contributed by atoms with Crippen LogP contribution in [0.3, 0.4) is 0 Å². The molecule has 5 heteroatoms. The molecule has 5 nitrogen and oxygen atoms in total. The molecular formula is C23H19NO4. The van der Waals surface area contributed by atoms with E-state index in [0.29, 0.717) is 12.2 Å². The topological polar surface area (TPSA) is 55.8 Å². The first-order valence-electron chi connectivity index (χ1n) is 9.68. The Morgan fingerprint density at radius 3 is 2.68 bits per heavy atom. The average Bonchev–Trinajstić information content (AvgIpc) is 3.33. The maximum Gasteiger partial charge on any atom is 0.218 e. The molecule has 0 amide bonds. The van der Waals surface area contributed by atoms with Crippen molar-refractivity contribution in [2.75, 3.05) is 6.61 Å². The number of ether oxygens (including phenoxy) is 2. The third-order valence-corrected chi connectivity index (χ3v) is 6.53. The van der Waals surface area contributed by atoms with Crippen LogP contribution in [-0.4, -0.2) is 41.5 Å². The number of ketones is 2.